The van der Waals surface area contributed by atoms with Gasteiger partial charge in [-0.15, -0.1) is 0 Å². The van der Waals surface area contributed by atoms with Crippen molar-refractivity contribution in [3.63, 3.8) is 0 Å². The minimum atomic E-state index is -0.643. The van der Waals surface area contributed by atoms with Gasteiger partial charge in [-0.1, -0.05) is 41.1 Å². The van der Waals surface area contributed by atoms with Gasteiger partial charge in [0.25, 0.3) is 0 Å². The van der Waals surface area contributed by atoms with E-state index in [1.165, 1.54) is 23.3 Å². The molecule has 0 saturated carbocycles. The number of nitrogens with zero attached hydrogens (tertiary/aromatic N) is 2. The number of halogens is 1. The number of nitrogens with one attached hydrogen (secondary N) is 2. The molecule has 0 radical (unpaired) electrons. The fourth-order valence-electron chi connectivity index (χ4n) is 2.61. The lowest BCUT2D eigenvalue weighted by Gasteiger charge is -2.22. The zero-order chi connectivity index (χ0) is 21.5. The van der Waals surface area contributed by atoms with Gasteiger partial charge in [0.1, 0.15) is 12.4 Å². The smallest absolute Gasteiger partial charge is 0.413 e. The van der Waals surface area contributed by atoms with Gasteiger partial charge in [-0.3, -0.25) is 15.1 Å². The van der Waals surface area contributed by atoms with Crippen LogP contribution in [-0.4, -0.2) is 42.3 Å². The molecule has 2 aromatic carbocycles. The van der Waals surface area contributed by atoms with Crippen molar-refractivity contribution in [1.29, 1.82) is 0 Å². The Morgan fingerprint density at radius 3 is 2.77 bits per heavy atom. The molecule has 0 aliphatic rings. The van der Waals surface area contributed by atoms with Crippen LogP contribution >= 0.6 is 22.9 Å². The molecule has 0 saturated heterocycles. The lowest BCUT2D eigenvalue weighted by atomic mass is 10.2. The van der Waals surface area contributed by atoms with E-state index in [2.05, 4.69) is 15.7 Å². The Morgan fingerprint density at radius 2 is 2.03 bits per heavy atom. The van der Waals surface area contributed by atoms with E-state index in [-0.39, 0.29) is 19.1 Å². The molecule has 10 heteroatoms. The van der Waals surface area contributed by atoms with Gasteiger partial charge in [0.2, 0.25) is 5.91 Å². The van der Waals surface area contributed by atoms with Crippen molar-refractivity contribution in [2.24, 2.45) is 0 Å². The predicted molar refractivity (Wildman–Crippen MR) is 117 cm³/mol. The number of amides is 2. The van der Waals surface area contributed by atoms with Crippen molar-refractivity contribution in [3.05, 3.63) is 53.1 Å². The summed E-state index contributed by atoms with van der Waals surface area (Å²) in [4.78, 5) is 28.2. The van der Waals surface area contributed by atoms with Gasteiger partial charge < -0.3 is 9.47 Å². The molecule has 0 unspecified atom stereocenters. The van der Waals surface area contributed by atoms with E-state index < -0.39 is 6.09 Å². The van der Waals surface area contributed by atoms with Crippen molar-refractivity contribution in [2.45, 2.75) is 13.5 Å². The van der Waals surface area contributed by atoms with Gasteiger partial charge in [0.05, 0.1) is 23.9 Å². The Balaban J connectivity index is 1.48. The number of hydrogen-bond donors (Lipinski definition) is 2. The first-order chi connectivity index (χ1) is 14.5. The van der Waals surface area contributed by atoms with Gasteiger partial charge in [-0.05, 0) is 29.8 Å². The SMILES string of the molecule is COc1ccc2nc(NC(=O)OCCN(NCc3ccccc3Cl)C(C)=O)sc2c1. The molecule has 1 aromatic heterocycles. The highest BCUT2D eigenvalue weighted by molar-refractivity contribution is 7.22. The van der Waals surface area contributed by atoms with Gasteiger partial charge in [-0.2, -0.15) is 0 Å². The Hall–Kier alpha value is -2.88. The highest BCUT2D eigenvalue weighted by Gasteiger charge is 2.13. The van der Waals surface area contributed by atoms with E-state index in [0.717, 1.165) is 15.8 Å². The molecular weight excluding hydrogens is 428 g/mol. The zero-order valence-corrected chi connectivity index (χ0v) is 18.0. The molecular formula is C20H21ClN4O4S. The molecule has 0 aliphatic heterocycles. The number of fused-ring (bicyclic) bond motifs is 1. The Bertz CT molecular complexity index is 1040. The summed E-state index contributed by atoms with van der Waals surface area (Å²) in [6.07, 6.45) is -0.643. The van der Waals surface area contributed by atoms with Crippen molar-refractivity contribution < 1.29 is 19.1 Å². The largest absolute Gasteiger partial charge is 0.497 e. The molecule has 1 heterocycles. The van der Waals surface area contributed by atoms with E-state index in [1.54, 1.807) is 19.2 Å². The van der Waals surface area contributed by atoms with Crippen molar-refractivity contribution >= 4 is 50.3 Å². The normalized spacial score (nSPS) is 10.6. The molecule has 3 rings (SSSR count). The maximum Gasteiger partial charge on any atom is 0.413 e. The third-order valence-electron chi connectivity index (χ3n) is 4.15. The molecule has 158 valence electrons. The summed E-state index contributed by atoms with van der Waals surface area (Å²) in [5.74, 6) is 0.514. The lowest BCUT2D eigenvalue weighted by molar-refractivity contribution is -0.132. The number of ether oxygens (including phenoxy) is 2. The summed E-state index contributed by atoms with van der Waals surface area (Å²) >= 11 is 7.44. The summed E-state index contributed by atoms with van der Waals surface area (Å²) in [7, 11) is 1.59. The summed E-state index contributed by atoms with van der Waals surface area (Å²) in [5, 5.41) is 5.01. The molecule has 0 bridgehead atoms. The second-order valence-electron chi connectivity index (χ2n) is 6.21. The standard InChI is InChI=1S/C20H21ClN4O4S/c1-13(26)25(22-12-14-5-3-4-6-16(14)21)9-10-29-20(27)24-19-23-17-8-7-15(28-2)11-18(17)30-19/h3-8,11,22H,9-10,12H2,1-2H3,(H,23,24,27). The fraction of sp³-hybridized carbons (Fsp3) is 0.250. The highest BCUT2D eigenvalue weighted by Crippen LogP contribution is 2.29. The van der Waals surface area contributed by atoms with Crippen molar-refractivity contribution in [3.8, 4) is 5.75 Å². The van der Waals surface area contributed by atoms with Crippen LogP contribution < -0.4 is 15.5 Å². The van der Waals surface area contributed by atoms with Gasteiger partial charge in [-0.25, -0.2) is 15.2 Å². The molecule has 8 nitrogen and oxygen atoms in total. The van der Waals surface area contributed by atoms with Crippen LogP contribution in [0.1, 0.15) is 12.5 Å². The number of carbonyl (C=O) groups excluding carboxylic acids is 2. The number of benzene rings is 2. The van der Waals surface area contributed by atoms with Crippen LogP contribution in [0.15, 0.2) is 42.5 Å². The van der Waals surface area contributed by atoms with Crippen LogP contribution in [0, 0.1) is 0 Å². The Kier molecular flexibility index (Phi) is 7.45. The lowest BCUT2D eigenvalue weighted by Crippen LogP contribution is -2.43. The Labute approximate surface area is 182 Å². The molecule has 2 N–H and O–H groups in total. The number of carbonyl (C=O) groups is 2. The number of rotatable bonds is 8. The molecule has 30 heavy (non-hydrogen) atoms. The first kappa shape index (κ1) is 21.8. The number of methoxy groups -OCH3 is 1. The zero-order valence-electron chi connectivity index (χ0n) is 16.5. The number of hydrogen-bond acceptors (Lipinski definition) is 7. The summed E-state index contributed by atoms with van der Waals surface area (Å²) in [6, 6.07) is 12.8. The summed E-state index contributed by atoms with van der Waals surface area (Å²) in [6.45, 7) is 2.00. The summed E-state index contributed by atoms with van der Waals surface area (Å²) < 4.78 is 11.2. The van der Waals surface area contributed by atoms with Crippen LogP contribution in [0.4, 0.5) is 9.93 Å². The second-order valence-corrected chi connectivity index (χ2v) is 7.65. The van der Waals surface area contributed by atoms with Crippen LogP contribution in [0.2, 0.25) is 5.02 Å². The highest BCUT2D eigenvalue weighted by atomic mass is 35.5. The van der Waals surface area contributed by atoms with Gasteiger partial charge >= 0.3 is 6.09 Å². The summed E-state index contributed by atoms with van der Waals surface area (Å²) in [5.41, 5.74) is 4.60. The molecule has 0 aliphatic carbocycles. The first-order valence-electron chi connectivity index (χ1n) is 9.09. The molecule has 0 atom stereocenters. The second kappa shape index (κ2) is 10.2. The quantitative estimate of drug-likeness (QED) is 0.505. The maximum absolute atomic E-state index is 12.1. The topological polar surface area (TPSA) is 92.8 Å². The average Bonchev–Trinajstić information content (AvgIpc) is 3.12. The van der Waals surface area contributed by atoms with Crippen LogP contribution in [0.25, 0.3) is 10.2 Å². The Morgan fingerprint density at radius 1 is 1.23 bits per heavy atom. The third-order valence-corrected chi connectivity index (χ3v) is 5.45. The number of thiazole rings is 1. The minimum absolute atomic E-state index is 0.0135. The molecule has 0 spiro atoms. The number of aromatic nitrogens is 1. The minimum Gasteiger partial charge on any atom is -0.497 e. The van der Waals surface area contributed by atoms with Crippen LogP contribution in [0.5, 0.6) is 5.75 Å². The van der Waals surface area contributed by atoms with Crippen LogP contribution in [-0.2, 0) is 16.1 Å². The monoisotopic (exact) mass is 448 g/mol. The third kappa shape index (κ3) is 5.82. The number of hydrazine groups is 1. The van der Waals surface area contributed by atoms with E-state index in [0.29, 0.717) is 22.4 Å². The van der Waals surface area contributed by atoms with Crippen molar-refractivity contribution in [2.75, 3.05) is 25.6 Å². The molecule has 0 fully saturated rings. The first-order valence-corrected chi connectivity index (χ1v) is 10.3. The van der Waals surface area contributed by atoms with Gasteiger partial charge in [0.15, 0.2) is 5.13 Å². The predicted octanol–water partition coefficient (Wildman–Crippen LogP) is 4.06. The molecule has 3 aromatic rings. The number of anilines is 1. The van der Waals surface area contributed by atoms with E-state index in [9.17, 15) is 9.59 Å². The van der Waals surface area contributed by atoms with Crippen LogP contribution in [0.3, 0.4) is 0 Å². The maximum atomic E-state index is 12.1. The fourth-order valence-corrected chi connectivity index (χ4v) is 3.69. The van der Waals surface area contributed by atoms with Gasteiger partial charge in [0, 0.05) is 18.5 Å². The average molecular weight is 449 g/mol. The molecule has 2 amide bonds. The van der Waals surface area contributed by atoms with E-state index in [4.69, 9.17) is 21.1 Å². The van der Waals surface area contributed by atoms with E-state index >= 15 is 0 Å². The van der Waals surface area contributed by atoms with E-state index in [1.807, 2.05) is 30.3 Å². The van der Waals surface area contributed by atoms with Crippen molar-refractivity contribution in [1.82, 2.24) is 15.4 Å².